The van der Waals surface area contributed by atoms with Crippen molar-refractivity contribution < 1.29 is 13.2 Å². The summed E-state index contributed by atoms with van der Waals surface area (Å²) < 4.78 is 39.1. The van der Waals surface area contributed by atoms with Gasteiger partial charge in [0.1, 0.15) is 0 Å². The predicted molar refractivity (Wildman–Crippen MR) is 99.5 cm³/mol. The third-order valence-electron chi connectivity index (χ3n) is 4.61. The second-order valence-corrected chi connectivity index (χ2v) is 7.35. The van der Waals surface area contributed by atoms with Crippen LogP contribution >= 0.6 is 11.3 Å². The number of thiazole rings is 1. The van der Waals surface area contributed by atoms with Crippen LogP contribution in [0.15, 0.2) is 42.0 Å². The van der Waals surface area contributed by atoms with Crippen molar-refractivity contribution in [1.82, 2.24) is 15.0 Å². The van der Waals surface area contributed by atoms with Gasteiger partial charge in [-0.05, 0) is 31.0 Å². The van der Waals surface area contributed by atoms with Crippen LogP contribution in [0.5, 0.6) is 0 Å². The van der Waals surface area contributed by atoms with E-state index in [1.165, 1.54) is 30.2 Å². The largest absolute Gasteiger partial charge is 0.416 e. The van der Waals surface area contributed by atoms with Crippen LogP contribution in [0.25, 0.3) is 21.8 Å². The molecule has 0 aliphatic heterocycles. The smallest absolute Gasteiger partial charge is 0.351 e. The maximum atomic E-state index is 13.0. The molecule has 0 saturated heterocycles. The van der Waals surface area contributed by atoms with E-state index in [1.54, 1.807) is 23.8 Å². The highest BCUT2D eigenvalue weighted by Gasteiger charge is 2.30. The van der Waals surface area contributed by atoms with Gasteiger partial charge >= 0.3 is 6.18 Å². The van der Waals surface area contributed by atoms with Crippen molar-refractivity contribution in [2.75, 3.05) is 5.32 Å². The monoisotopic (exact) mass is 390 g/mol. The van der Waals surface area contributed by atoms with E-state index in [1.807, 2.05) is 0 Å². The first kappa shape index (κ1) is 17.9. The SMILES string of the molecule is FC(F)(F)c1cccc(-c2ncsc2-c2ccnc(NC3CCCC3)n2)c1. The quantitative estimate of drug-likeness (QED) is 0.626. The molecule has 1 fully saturated rings. The summed E-state index contributed by atoms with van der Waals surface area (Å²) in [7, 11) is 0. The van der Waals surface area contributed by atoms with E-state index in [0.29, 0.717) is 28.9 Å². The summed E-state index contributed by atoms with van der Waals surface area (Å²) in [5.41, 5.74) is 2.50. The highest BCUT2D eigenvalue weighted by molar-refractivity contribution is 7.13. The van der Waals surface area contributed by atoms with Crippen molar-refractivity contribution in [2.24, 2.45) is 0 Å². The Hall–Kier alpha value is -2.48. The van der Waals surface area contributed by atoms with Crippen LogP contribution in [-0.2, 0) is 6.18 Å². The minimum atomic E-state index is -4.39. The molecule has 2 heterocycles. The van der Waals surface area contributed by atoms with Crippen molar-refractivity contribution in [3.05, 3.63) is 47.6 Å². The molecule has 8 heteroatoms. The van der Waals surface area contributed by atoms with Crippen LogP contribution in [0, 0.1) is 0 Å². The molecule has 0 bridgehead atoms. The number of anilines is 1. The Balaban J connectivity index is 1.66. The highest BCUT2D eigenvalue weighted by Crippen LogP contribution is 2.37. The normalized spacial score (nSPS) is 15.2. The minimum absolute atomic E-state index is 0.379. The zero-order valence-electron chi connectivity index (χ0n) is 14.3. The van der Waals surface area contributed by atoms with E-state index in [9.17, 15) is 13.2 Å². The first-order valence-electron chi connectivity index (χ1n) is 8.72. The van der Waals surface area contributed by atoms with Crippen LogP contribution in [0.4, 0.5) is 19.1 Å². The zero-order chi connectivity index (χ0) is 18.9. The average molecular weight is 390 g/mol. The zero-order valence-corrected chi connectivity index (χ0v) is 15.1. The second-order valence-electron chi connectivity index (χ2n) is 6.50. The number of alkyl halides is 3. The molecular formula is C19H17F3N4S. The maximum Gasteiger partial charge on any atom is 0.416 e. The molecule has 0 amide bonds. The van der Waals surface area contributed by atoms with Crippen molar-refractivity contribution in [2.45, 2.75) is 37.9 Å². The molecule has 2 aromatic heterocycles. The van der Waals surface area contributed by atoms with Crippen molar-refractivity contribution in [3.63, 3.8) is 0 Å². The molecule has 27 heavy (non-hydrogen) atoms. The van der Waals surface area contributed by atoms with Crippen LogP contribution in [0.1, 0.15) is 31.2 Å². The van der Waals surface area contributed by atoms with E-state index in [2.05, 4.69) is 20.3 Å². The molecule has 3 aromatic rings. The number of benzene rings is 1. The predicted octanol–water partition coefficient (Wildman–Crippen LogP) is 5.64. The van der Waals surface area contributed by atoms with Gasteiger partial charge in [0, 0.05) is 17.8 Å². The molecule has 140 valence electrons. The Morgan fingerprint density at radius 2 is 1.89 bits per heavy atom. The summed E-state index contributed by atoms with van der Waals surface area (Å²) in [5.74, 6) is 0.544. The number of hydrogen-bond donors (Lipinski definition) is 1. The van der Waals surface area contributed by atoms with Gasteiger partial charge < -0.3 is 5.32 Å². The van der Waals surface area contributed by atoms with E-state index >= 15 is 0 Å². The lowest BCUT2D eigenvalue weighted by Gasteiger charge is -2.12. The molecule has 0 unspecified atom stereocenters. The lowest BCUT2D eigenvalue weighted by atomic mass is 10.1. The van der Waals surface area contributed by atoms with Crippen LogP contribution < -0.4 is 5.32 Å². The molecule has 0 radical (unpaired) electrons. The minimum Gasteiger partial charge on any atom is -0.351 e. The van der Waals surface area contributed by atoms with Crippen LogP contribution in [0.3, 0.4) is 0 Å². The third-order valence-corrected chi connectivity index (χ3v) is 5.46. The molecule has 4 rings (SSSR count). The molecular weight excluding hydrogens is 373 g/mol. The number of rotatable bonds is 4. The summed E-state index contributed by atoms with van der Waals surface area (Å²) in [5, 5.41) is 3.34. The Morgan fingerprint density at radius 1 is 1.07 bits per heavy atom. The van der Waals surface area contributed by atoms with Gasteiger partial charge in [0.05, 0.1) is 27.3 Å². The van der Waals surface area contributed by atoms with E-state index in [0.717, 1.165) is 29.9 Å². The second kappa shape index (κ2) is 7.26. The number of nitrogens with zero attached hydrogens (tertiary/aromatic N) is 3. The van der Waals surface area contributed by atoms with E-state index < -0.39 is 11.7 Å². The van der Waals surface area contributed by atoms with Gasteiger partial charge in [0.25, 0.3) is 0 Å². The van der Waals surface area contributed by atoms with Gasteiger partial charge in [-0.1, -0.05) is 25.0 Å². The first-order valence-corrected chi connectivity index (χ1v) is 9.60. The summed E-state index contributed by atoms with van der Waals surface area (Å²) in [4.78, 5) is 13.9. The van der Waals surface area contributed by atoms with Gasteiger partial charge in [-0.3, -0.25) is 0 Å². The summed E-state index contributed by atoms with van der Waals surface area (Å²) in [6, 6.07) is 7.34. The molecule has 1 aliphatic carbocycles. The highest BCUT2D eigenvalue weighted by atomic mass is 32.1. The van der Waals surface area contributed by atoms with Crippen LogP contribution in [-0.4, -0.2) is 21.0 Å². The van der Waals surface area contributed by atoms with Gasteiger partial charge in [0.15, 0.2) is 0 Å². The summed E-state index contributed by atoms with van der Waals surface area (Å²) in [6.45, 7) is 0. The molecule has 1 aliphatic rings. The van der Waals surface area contributed by atoms with Crippen LogP contribution in [0.2, 0.25) is 0 Å². The third kappa shape index (κ3) is 3.95. The van der Waals surface area contributed by atoms with E-state index in [4.69, 9.17) is 0 Å². The summed E-state index contributed by atoms with van der Waals surface area (Å²) >= 11 is 1.35. The van der Waals surface area contributed by atoms with E-state index in [-0.39, 0.29) is 0 Å². The molecule has 1 aromatic carbocycles. The molecule has 0 spiro atoms. The van der Waals surface area contributed by atoms with Gasteiger partial charge in [-0.15, -0.1) is 11.3 Å². The Kier molecular flexibility index (Phi) is 4.82. The fraction of sp³-hybridized carbons (Fsp3) is 0.316. The standard InChI is InChI=1S/C19H17F3N4S/c20-19(21,22)13-5-3-4-12(10-13)16-17(27-11-24-16)15-8-9-23-18(26-15)25-14-6-1-2-7-14/h3-5,8-11,14H,1-2,6-7H2,(H,23,25,26). The van der Waals surface area contributed by atoms with Crippen molar-refractivity contribution in [1.29, 1.82) is 0 Å². The Labute approximate surface area is 158 Å². The summed E-state index contributed by atoms with van der Waals surface area (Å²) in [6.07, 6.45) is 1.87. The number of nitrogens with one attached hydrogen (secondary N) is 1. The molecule has 1 saturated carbocycles. The topological polar surface area (TPSA) is 50.7 Å². The molecule has 1 N–H and O–H groups in total. The van der Waals surface area contributed by atoms with Crippen molar-refractivity contribution >= 4 is 17.3 Å². The van der Waals surface area contributed by atoms with Gasteiger partial charge in [-0.2, -0.15) is 13.2 Å². The van der Waals surface area contributed by atoms with Gasteiger partial charge in [-0.25, -0.2) is 15.0 Å². The number of hydrogen-bond acceptors (Lipinski definition) is 5. The number of halogens is 3. The van der Waals surface area contributed by atoms with Gasteiger partial charge in [0.2, 0.25) is 5.95 Å². The fourth-order valence-corrected chi connectivity index (χ4v) is 4.06. The number of aromatic nitrogens is 3. The Bertz CT molecular complexity index is 932. The molecule has 0 atom stereocenters. The molecule has 4 nitrogen and oxygen atoms in total. The lowest BCUT2D eigenvalue weighted by molar-refractivity contribution is -0.137. The van der Waals surface area contributed by atoms with Crippen molar-refractivity contribution in [3.8, 4) is 21.8 Å². The first-order chi connectivity index (χ1) is 13.0. The Morgan fingerprint density at radius 3 is 2.67 bits per heavy atom. The lowest BCUT2D eigenvalue weighted by Crippen LogP contribution is -2.16. The maximum absolute atomic E-state index is 13.0. The average Bonchev–Trinajstić information content (AvgIpc) is 3.33. The fourth-order valence-electron chi connectivity index (χ4n) is 3.28.